The number of hydrogen-bond donors (Lipinski definition) is 0. The van der Waals surface area contributed by atoms with Crippen LogP contribution in [0.25, 0.3) is 99.0 Å². The first kappa shape index (κ1) is 33.0. The molecule has 0 saturated heterocycles. The van der Waals surface area contributed by atoms with E-state index in [0.717, 1.165) is 34.1 Å². The first-order chi connectivity index (χ1) is 28.7. The lowest BCUT2D eigenvalue weighted by Crippen LogP contribution is -2.16. The van der Waals surface area contributed by atoms with Gasteiger partial charge in [-0.3, -0.25) is 0 Å². The van der Waals surface area contributed by atoms with E-state index >= 15 is 0 Å². The molecule has 0 saturated carbocycles. The van der Waals surface area contributed by atoms with E-state index in [4.69, 9.17) is 15.0 Å². The highest BCUT2D eigenvalue weighted by atomic mass is 32.1. The topological polar surface area (TPSA) is 43.6 Å². The third-order valence-electron chi connectivity index (χ3n) is 11.8. The van der Waals surface area contributed by atoms with Crippen LogP contribution in [0, 0.1) is 0 Å². The van der Waals surface area contributed by atoms with Crippen LogP contribution in [0.15, 0.2) is 182 Å². The van der Waals surface area contributed by atoms with Crippen LogP contribution in [0.4, 0.5) is 0 Å². The maximum atomic E-state index is 5.34. The summed E-state index contributed by atoms with van der Waals surface area (Å²) >= 11 is 1.85. The fourth-order valence-electron chi connectivity index (χ4n) is 9.01. The summed E-state index contributed by atoms with van der Waals surface area (Å²) in [5, 5.41) is 8.67. The summed E-state index contributed by atoms with van der Waals surface area (Å²) in [7, 11) is 0. The molecule has 58 heavy (non-hydrogen) atoms. The third-order valence-corrected chi connectivity index (χ3v) is 12.9. The second-order valence-corrected chi connectivity index (χ2v) is 16.3. The molecule has 1 aliphatic rings. The Morgan fingerprint density at radius 1 is 0.431 bits per heavy atom. The Bertz CT molecular complexity index is 3430. The summed E-state index contributed by atoms with van der Waals surface area (Å²) in [6.45, 7) is 0. The predicted molar refractivity (Wildman–Crippen MR) is 243 cm³/mol. The lowest BCUT2D eigenvalue weighted by atomic mass is 9.89. The summed E-state index contributed by atoms with van der Waals surface area (Å²) < 4.78 is 3.88. The Kier molecular flexibility index (Phi) is 7.50. The van der Waals surface area contributed by atoms with E-state index in [9.17, 15) is 0 Å². The van der Waals surface area contributed by atoms with Gasteiger partial charge in [0.05, 0.1) is 11.6 Å². The van der Waals surface area contributed by atoms with E-state index in [1.807, 2.05) is 17.4 Å². The maximum Gasteiger partial charge on any atom is 0.164 e. The van der Waals surface area contributed by atoms with Gasteiger partial charge in [0.25, 0.3) is 0 Å². The van der Waals surface area contributed by atoms with Gasteiger partial charge in [-0.25, -0.2) is 15.0 Å². The molecule has 0 amide bonds. The van der Waals surface area contributed by atoms with Gasteiger partial charge in [-0.05, 0) is 74.5 Å². The number of benzene rings is 8. The van der Waals surface area contributed by atoms with Crippen LogP contribution in [0.3, 0.4) is 0 Å². The second-order valence-electron chi connectivity index (χ2n) is 15.2. The quantitative estimate of drug-likeness (QED) is 0.176. The van der Waals surface area contributed by atoms with Crippen LogP contribution in [-0.2, 0) is 0 Å². The van der Waals surface area contributed by atoms with E-state index in [-0.39, 0.29) is 6.04 Å². The van der Waals surface area contributed by atoms with Crippen molar-refractivity contribution in [2.24, 2.45) is 0 Å². The van der Waals surface area contributed by atoms with Crippen molar-refractivity contribution in [3.8, 4) is 33.9 Å². The molecule has 11 aromatic rings. The lowest BCUT2D eigenvalue weighted by molar-refractivity contribution is 0.638. The van der Waals surface area contributed by atoms with Crippen LogP contribution in [0.1, 0.15) is 28.7 Å². The molecular weight excluding hydrogens is 725 g/mol. The third kappa shape index (κ3) is 5.39. The average molecular weight is 759 g/mol. The molecule has 5 heteroatoms. The van der Waals surface area contributed by atoms with Crippen LogP contribution in [0.5, 0.6) is 0 Å². The fraction of sp³-hybridized carbons (Fsp3) is 0.0377. The van der Waals surface area contributed by atoms with Crippen LogP contribution in [0.2, 0.25) is 0 Å². The minimum absolute atomic E-state index is 0.00389. The SMILES string of the molecule is C1=C(c2nc(-c3ccc(-c4ccccc4)cc3)nc(-c3ccc4ccccc4c3)n2)CC(n2c3ccccc3c3cc4ccccc4cc32)c2c1sc1ccccc21. The first-order valence-corrected chi connectivity index (χ1v) is 20.6. The van der Waals surface area contributed by atoms with Crippen molar-refractivity contribution in [2.45, 2.75) is 12.5 Å². The van der Waals surface area contributed by atoms with Gasteiger partial charge in [-0.15, -0.1) is 11.3 Å². The van der Waals surface area contributed by atoms with Crippen molar-refractivity contribution >= 4 is 76.4 Å². The lowest BCUT2D eigenvalue weighted by Gasteiger charge is -2.27. The molecule has 3 heterocycles. The standard InChI is InChI=1S/C53H34N4S/c1-2-12-33(13-3-1)35-22-25-36(26-23-35)51-54-52(40-27-24-34-14-4-5-15-37(34)28-40)56-53(55-51)41-31-47(50-43-19-9-11-21-48(43)58-49(50)32-41)57-45-20-10-8-18-42(45)44-29-38-16-6-7-17-39(38)30-46(44)57/h1-30,32,47H,31H2. The molecule has 3 aromatic heterocycles. The fourth-order valence-corrected chi connectivity index (χ4v) is 10.2. The van der Waals surface area contributed by atoms with Gasteiger partial charge in [0.1, 0.15) is 0 Å². The van der Waals surface area contributed by atoms with Crippen molar-refractivity contribution < 1.29 is 0 Å². The molecule has 0 fully saturated rings. The van der Waals surface area contributed by atoms with Crippen LogP contribution in [-0.4, -0.2) is 19.5 Å². The molecule has 1 atom stereocenters. The first-order valence-electron chi connectivity index (χ1n) is 19.8. The molecule has 1 unspecified atom stereocenters. The molecule has 0 radical (unpaired) electrons. The van der Waals surface area contributed by atoms with Gasteiger partial charge in [0.2, 0.25) is 0 Å². The second kappa shape index (κ2) is 13.2. The zero-order valence-corrected chi connectivity index (χ0v) is 32.2. The molecule has 1 aliphatic carbocycles. The van der Waals surface area contributed by atoms with Crippen molar-refractivity contribution in [3.63, 3.8) is 0 Å². The largest absolute Gasteiger partial charge is 0.332 e. The summed E-state index contributed by atoms with van der Waals surface area (Å²) in [6.07, 6.45) is 3.07. The number of nitrogens with zero attached hydrogens (tertiary/aromatic N) is 4. The van der Waals surface area contributed by atoms with E-state index in [1.54, 1.807) is 0 Å². The molecule has 12 rings (SSSR count). The molecule has 0 spiro atoms. The van der Waals surface area contributed by atoms with Gasteiger partial charge >= 0.3 is 0 Å². The Morgan fingerprint density at radius 2 is 1.02 bits per heavy atom. The van der Waals surface area contributed by atoms with Gasteiger partial charge in [0, 0.05) is 54.6 Å². The number of fused-ring (bicyclic) bond motifs is 8. The summed E-state index contributed by atoms with van der Waals surface area (Å²) in [5.41, 5.74) is 9.18. The molecule has 0 N–H and O–H groups in total. The van der Waals surface area contributed by atoms with Crippen LogP contribution < -0.4 is 0 Å². The number of allylic oxidation sites excluding steroid dienone is 1. The number of rotatable bonds is 5. The molecule has 0 bridgehead atoms. The van der Waals surface area contributed by atoms with E-state index < -0.39 is 0 Å². The van der Waals surface area contributed by atoms with Crippen molar-refractivity contribution in [2.75, 3.05) is 0 Å². The minimum atomic E-state index is 0.00389. The molecule has 8 aromatic carbocycles. The predicted octanol–water partition coefficient (Wildman–Crippen LogP) is 14.0. The number of para-hydroxylation sites is 1. The van der Waals surface area contributed by atoms with Crippen molar-refractivity contribution in [1.29, 1.82) is 0 Å². The molecule has 0 aliphatic heterocycles. The number of hydrogen-bond acceptors (Lipinski definition) is 4. The van der Waals surface area contributed by atoms with E-state index in [0.29, 0.717) is 17.5 Å². The number of aromatic nitrogens is 4. The van der Waals surface area contributed by atoms with Crippen LogP contribution >= 0.6 is 11.3 Å². The Labute approximate surface area is 339 Å². The highest BCUT2D eigenvalue weighted by molar-refractivity contribution is 7.20. The average Bonchev–Trinajstić information content (AvgIpc) is 3.83. The number of thiophene rings is 1. The Morgan fingerprint density at radius 3 is 1.83 bits per heavy atom. The zero-order valence-electron chi connectivity index (χ0n) is 31.4. The van der Waals surface area contributed by atoms with Crippen molar-refractivity contribution in [1.82, 2.24) is 19.5 Å². The van der Waals surface area contributed by atoms with E-state index in [1.165, 1.54) is 64.1 Å². The molecular formula is C53H34N4S. The molecule has 4 nitrogen and oxygen atoms in total. The highest BCUT2D eigenvalue weighted by Crippen LogP contribution is 2.49. The van der Waals surface area contributed by atoms with E-state index in [2.05, 4.69) is 187 Å². The summed E-state index contributed by atoms with van der Waals surface area (Å²) in [5.74, 6) is 2.04. The van der Waals surface area contributed by atoms with Crippen molar-refractivity contribution in [3.05, 3.63) is 198 Å². The van der Waals surface area contributed by atoms with Gasteiger partial charge in [0.15, 0.2) is 17.5 Å². The van der Waals surface area contributed by atoms with Gasteiger partial charge in [-0.1, -0.05) is 152 Å². The zero-order chi connectivity index (χ0) is 38.2. The Hall–Kier alpha value is -7.21. The highest BCUT2D eigenvalue weighted by Gasteiger charge is 2.31. The Balaban J connectivity index is 1.07. The summed E-state index contributed by atoms with van der Waals surface area (Å²) in [6, 6.07) is 65.2. The smallest absolute Gasteiger partial charge is 0.164 e. The minimum Gasteiger partial charge on any atom is -0.332 e. The van der Waals surface area contributed by atoms with Gasteiger partial charge < -0.3 is 4.57 Å². The monoisotopic (exact) mass is 758 g/mol. The molecule has 272 valence electrons. The normalized spacial score (nSPS) is 14.1. The summed E-state index contributed by atoms with van der Waals surface area (Å²) in [4.78, 5) is 17.1. The maximum absolute atomic E-state index is 5.34. The van der Waals surface area contributed by atoms with Gasteiger partial charge in [-0.2, -0.15) is 0 Å².